The molecule has 0 unspecified atom stereocenters. The first-order valence-corrected chi connectivity index (χ1v) is 11.0. The number of nitrogens with one attached hydrogen (secondary N) is 2. The molecule has 0 atom stereocenters. The summed E-state index contributed by atoms with van der Waals surface area (Å²) < 4.78 is 0. The van der Waals surface area contributed by atoms with E-state index in [1.54, 1.807) is 54.5 Å². The molecule has 4 aromatic rings. The van der Waals surface area contributed by atoms with Crippen LogP contribution in [0.4, 0.5) is 22.9 Å². The van der Waals surface area contributed by atoms with E-state index < -0.39 is 0 Å². The molecule has 34 heavy (non-hydrogen) atoms. The molecular formula is C26H20ClN5O2. The molecule has 5 rings (SSSR count). The van der Waals surface area contributed by atoms with Gasteiger partial charge in [0.15, 0.2) is 0 Å². The van der Waals surface area contributed by atoms with Crippen molar-refractivity contribution in [2.45, 2.75) is 13.5 Å². The van der Waals surface area contributed by atoms with Crippen LogP contribution in [0.2, 0.25) is 5.02 Å². The van der Waals surface area contributed by atoms with Gasteiger partial charge in [-0.15, -0.1) is 0 Å². The first-order valence-electron chi connectivity index (χ1n) is 10.7. The molecular weight excluding hydrogens is 450 g/mol. The van der Waals surface area contributed by atoms with Crippen LogP contribution in [-0.4, -0.2) is 21.8 Å². The molecule has 8 heteroatoms. The summed E-state index contributed by atoms with van der Waals surface area (Å²) in [7, 11) is 0. The third-order valence-electron chi connectivity index (χ3n) is 5.62. The SMILES string of the molecule is Cc1ncccc1C(=O)Nc1ccc(C(=O)N2Cc3cccnc3Nc3ccccc32)c(Cl)c1. The van der Waals surface area contributed by atoms with E-state index in [9.17, 15) is 9.59 Å². The van der Waals surface area contributed by atoms with Gasteiger partial charge in [-0.1, -0.05) is 29.8 Å². The highest BCUT2D eigenvalue weighted by molar-refractivity contribution is 6.35. The molecule has 0 fully saturated rings. The van der Waals surface area contributed by atoms with Gasteiger partial charge in [0, 0.05) is 29.3 Å². The van der Waals surface area contributed by atoms with E-state index in [0.717, 1.165) is 16.9 Å². The molecule has 0 spiro atoms. The van der Waals surface area contributed by atoms with Crippen molar-refractivity contribution in [3.8, 4) is 0 Å². The number of halogens is 1. The highest BCUT2D eigenvalue weighted by atomic mass is 35.5. The smallest absolute Gasteiger partial charge is 0.260 e. The maximum absolute atomic E-state index is 13.6. The van der Waals surface area contributed by atoms with Crippen molar-refractivity contribution in [2.75, 3.05) is 15.5 Å². The lowest BCUT2D eigenvalue weighted by molar-refractivity contribution is 0.0984. The van der Waals surface area contributed by atoms with Gasteiger partial charge in [0.25, 0.3) is 11.8 Å². The maximum atomic E-state index is 13.6. The van der Waals surface area contributed by atoms with E-state index in [1.165, 1.54) is 0 Å². The Kier molecular flexibility index (Phi) is 5.69. The zero-order chi connectivity index (χ0) is 23.7. The number of carbonyl (C=O) groups excluding carboxylic acids is 2. The van der Waals surface area contributed by atoms with E-state index in [1.807, 2.05) is 36.4 Å². The Hall–Kier alpha value is -4.23. The minimum absolute atomic E-state index is 0.242. The fourth-order valence-electron chi connectivity index (χ4n) is 3.89. The Balaban J connectivity index is 1.45. The van der Waals surface area contributed by atoms with Crippen LogP contribution >= 0.6 is 11.6 Å². The summed E-state index contributed by atoms with van der Waals surface area (Å²) in [6, 6.07) is 19.6. The van der Waals surface area contributed by atoms with Gasteiger partial charge in [0.1, 0.15) is 5.82 Å². The summed E-state index contributed by atoms with van der Waals surface area (Å²) in [5.74, 6) is 0.161. The number of hydrogen-bond acceptors (Lipinski definition) is 5. The number of aromatic nitrogens is 2. The van der Waals surface area contributed by atoms with Gasteiger partial charge >= 0.3 is 0 Å². The fourth-order valence-corrected chi connectivity index (χ4v) is 4.15. The molecule has 1 aliphatic heterocycles. The zero-order valence-corrected chi connectivity index (χ0v) is 19.0. The minimum Gasteiger partial charge on any atom is -0.338 e. The summed E-state index contributed by atoms with van der Waals surface area (Å²) in [5, 5.41) is 6.37. The summed E-state index contributed by atoms with van der Waals surface area (Å²) in [6.45, 7) is 2.10. The number of para-hydroxylation sites is 2. The van der Waals surface area contributed by atoms with E-state index in [-0.39, 0.29) is 16.8 Å². The largest absolute Gasteiger partial charge is 0.338 e. The third-order valence-corrected chi connectivity index (χ3v) is 5.93. The number of rotatable bonds is 3. The van der Waals surface area contributed by atoms with Crippen molar-refractivity contribution in [3.05, 3.63) is 107 Å². The van der Waals surface area contributed by atoms with Crippen molar-refractivity contribution >= 4 is 46.3 Å². The number of hydrogen-bond donors (Lipinski definition) is 2. The lowest BCUT2D eigenvalue weighted by Gasteiger charge is -2.23. The van der Waals surface area contributed by atoms with Gasteiger partial charge in [-0.05, 0) is 55.5 Å². The van der Waals surface area contributed by atoms with Crippen molar-refractivity contribution < 1.29 is 9.59 Å². The lowest BCUT2D eigenvalue weighted by Crippen LogP contribution is -2.30. The normalized spacial score (nSPS) is 12.1. The van der Waals surface area contributed by atoms with E-state index in [0.29, 0.717) is 34.9 Å². The van der Waals surface area contributed by atoms with Crippen molar-refractivity contribution in [3.63, 3.8) is 0 Å². The quantitative estimate of drug-likeness (QED) is 0.408. The van der Waals surface area contributed by atoms with Gasteiger partial charge in [-0.2, -0.15) is 0 Å². The summed E-state index contributed by atoms with van der Waals surface area (Å²) in [4.78, 5) is 36.5. The molecule has 0 saturated carbocycles. The maximum Gasteiger partial charge on any atom is 0.260 e. The van der Waals surface area contributed by atoms with Crippen LogP contribution in [0.3, 0.4) is 0 Å². The second kappa shape index (κ2) is 8.96. The minimum atomic E-state index is -0.294. The van der Waals surface area contributed by atoms with Gasteiger partial charge < -0.3 is 15.5 Å². The molecule has 0 aliphatic carbocycles. The predicted octanol–water partition coefficient (Wildman–Crippen LogP) is 5.59. The summed E-state index contributed by atoms with van der Waals surface area (Å²) in [6.07, 6.45) is 3.34. The summed E-state index contributed by atoms with van der Waals surface area (Å²) >= 11 is 6.53. The molecule has 7 nitrogen and oxygen atoms in total. The predicted molar refractivity (Wildman–Crippen MR) is 133 cm³/mol. The van der Waals surface area contributed by atoms with Crippen LogP contribution in [0.5, 0.6) is 0 Å². The molecule has 0 bridgehead atoms. The second-order valence-electron chi connectivity index (χ2n) is 7.83. The average Bonchev–Trinajstić information content (AvgIpc) is 3.01. The van der Waals surface area contributed by atoms with E-state index in [2.05, 4.69) is 20.6 Å². The number of nitrogens with zero attached hydrogens (tertiary/aromatic N) is 3. The number of amides is 2. The first kappa shape index (κ1) is 21.6. The lowest BCUT2D eigenvalue weighted by atomic mass is 10.1. The van der Waals surface area contributed by atoms with Crippen molar-refractivity contribution in [1.29, 1.82) is 0 Å². The highest BCUT2D eigenvalue weighted by Crippen LogP contribution is 2.36. The van der Waals surface area contributed by atoms with Crippen LogP contribution < -0.4 is 15.5 Å². The first-order chi connectivity index (χ1) is 16.5. The molecule has 1 aliphatic rings. The van der Waals surface area contributed by atoms with Gasteiger partial charge in [-0.3, -0.25) is 14.6 Å². The van der Waals surface area contributed by atoms with Crippen molar-refractivity contribution in [1.82, 2.24) is 9.97 Å². The third kappa shape index (κ3) is 4.09. The monoisotopic (exact) mass is 469 g/mol. The molecule has 2 N–H and O–H groups in total. The zero-order valence-electron chi connectivity index (χ0n) is 18.2. The van der Waals surface area contributed by atoms with Gasteiger partial charge in [0.2, 0.25) is 0 Å². The Morgan fingerprint density at radius 1 is 0.971 bits per heavy atom. The molecule has 2 aromatic carbocycles. The standard InChI is InChI=1S/C26H20ClN5O2/c1-16-19(7-5-12-28-16)25(33)30-18-10-11-20(21(27)14-18)26(34)32-15-17-6-4-13-29-24(17)31-22-8-2-3-9-23(22)32/h2-14H,15H2,1H3,(H,29,31)(H,30,33). The number of anilines is 4. The fraction of sp³-hybridized carbons (Fsp3) is 0.0769. The van der Waals surface area contributed by atoms with E-state index in [4.69, 9.17) is 11.6 Å². The molecule has 3 heterocycles. The van der Waals surface area contributed by atoms with Crippen LogP contribution in [0, 0.1) is 6.92 Å². The molecule has 2 aromatic heterocycles. The number of pyridine rings is 2. The van der Waals surface area contributed by atoms with Crippen LogP contribution in [0.15, 0.2) is 79.1 Å². The number of fused-ring (bicyclic) bond motifs is 2. The van der Waals surface area contributed by atoms with Crippen LogP contribution in [0.25, 0.3) is 0 Å². The van der Waals surface area contributed by atoms with Gasteiger partial charge in [0.05, 0.1) is 34.1 Å². The molecule has 0 radical (unpaired) electrons. The topological polar surface area (TPSA) is 87.2 Å². The number of benzene rings is 2. The van der Waals surface area contributed by atoms with Gasteiger partial charge in [-0.25, -0.2) is 4.98 Å². The highest BCUT2D eigenvalue weighted by Gasteiger charge is 2.26. The Labute approximate surface area is 201 Å². The molecule has 2 amide bonds. The molecule has 0 saturated heterocycles. The summed E-state index contributed by atoms with van der Waals surface area (Å²) in [5.41, 5.74) is 4.31. The Bertz CT molecular complexity index is 1420. The van der Waals surface area contributed by atoms with Crippen molar-refractivity contribution in [2.24, 2.45) is 0 Å². The number of carbonyl (C=O) groups is 2. The van der Waals surface area contributed by atoms with Crippen LogP contribution in [0.1, 0.15) is 32.0 Å². The van der Waals surface area contributed by atoms with Crippen LogP contribution in [-0.2, 0) is 6.54 Å². The Morgan fingerprint density at radius 2 is 1.76 bits per heavy atom. The Morgan fingerprint density at radius 3 is 2.59 bits per heavy atom. The second-order valence-corrected chi connectivity index (χ2v) is 8.24. The van der Waals surface area contributed by atoms with E-state index >= 15 is 0 Å². The molecule has 168 valence electrons. The average molecular weight is 470 g/mol. The number of aryl methyl sites for hydroxylation is 1.